The Bertz CT molecular complexity index is 405. The smallest absolute Gasteiger partial charge is 0.369 e. The summed E-state index contributed by atoms with van der Waals surface area (Å²) in [5.41, 5.74) is 10.3. The molecule has 0 spiro atoms. The maximum atomic E-state index is 10.3. The van der Waals surface area contributed by atoms with Crippen LogP contribution in [-0.4, -0.2) is 21.8 Å². The molecule has 1 aliphatic heterocycles. The number of guanidine groups is 2. The van der Waals surface area contributed by atoms with Gasteiger partial charge in [0, 0.05) is 0 Å². The van der Waals surface area contributed by atoms with E-state index in [-0.39, 0.29) is 5.96 Å². The van der Waals surface area contributed by atoms with Gasteiger partial charge in [-0.05, 0) is 0 Å². The fourth-order valence-corrected chi connectivity index (χ4v) is 0.786. The molecule has 1 rings (SSSR count). The van der Waals surface area contributed by atoms with Gasteiger partial charge in [-0.3, -0.25) is 25.5 Å². The van der Waals surface area contributed by atoms with Gasteiger partial charge in [-0.25, -0.2) is 0 Å². The van der Waals surface area contributed by atoms with Crippen LogP contribution in [-0.2, 0) is 0 Å². The average Bonchev–Trinajstić information content (AvgIpc) is 1.99. The van der Waals surface area contributed by atoms with Gasteiger partial charge in [-0.15, -0.1) is 0 Å². The summed E-state index contributed by atoms with van der Waals surface area (Å²) in [6.07, 6.45) is 0. The summed E-state index contributed by atoms with van der Waals surface area (Å²) in [4.78, 5) is 24.9. The van der Waals surface area contributed by atoms with Crippen LogP contribution in [0.25, 0.3) is 0 Å². The first kappa shape index (κ1) is 10.4. The second kappa shape index (κ2) is 3.57. The highest BCUT2D eigenvalue weighted by atomic mass is 16.7. The molecular formula is C4H5N7O4. The number of aliphatic imine (C=N–C) groups is 2. The lowest BCUT2D eigenvalue weighted by atomic mass is 10.6. The zero-order valence-corrected chi connectivity index (χ0v) is 7.08. The minimum atomic E-state index is -1.35. The van der Waals surface area contributed by atoms with E-state index >= 15 is 0 Å². The highest BCUT2D eigenvalue weighted by molar-refractivity contribution is 5.96. The maximum Gasteiger partial charge on any atom is 0.602 e. The third-order valence-corrected chi connectivity index (χ3v) is 1.27. The van der Waals surface area contributed by atoms with Crippen molar-refractivity contribution in [3.63, 3.8) is 0 Å². The minimum Gasteiger partial charge on any atom is -0.369 e. The van der Waals surface area contributed by atoms with Crippen molar-refractivity contribution in [1.82, 2.24) is 5.32 Å². The molecule has 0 aromatic carbocycles. The predicted molar refractivity (Wildman–Crippen MR) is 47.4 cm³/mol. The molecule has 11 nitrogen and oxygen atoms in total. The Morgan fingerprint density at radius 1 is 1.20 bits per heavy atom. The average molecular weight is 215 g/mol. The molecule has 0 aliphatic carbocycles. The molecule has 0 bridgehead atoms. The first-order valence-electron chi connectivity index (χ1n) is 3.40. The lowest BCUT2D eigenvalue weighted by Crippen LogP contribution is -2.38. The van der Waals surface area contributed by atoms with Crippen LogP contribution in [0.3, 0.4) is 0 Å². The number of rotatable bonds is 2. The van der Waals surface area contributed by atoms with Gasteiger partial charge in [0.1, 0.15) is 9.85 Å². The number of hydrogen-bond acceptors (Lipinski definition) is 9. The third-order valence-electron chi connectivity index (χ3n) is 1.27. The van der Waals surface area contributed by atoms with Crippen molar-refractivity contribution in [2.75, 3.05) is 0 Å². The normalized spacial score (nSPS) is 14.8. The summed E-state index contributed by atoms with van der Waals surface area (Å²) >= 11 is 0. The second-order valence-corrected chi connectivity index (χ2v) is 2.28. The third kappa shape index (κ3) is 2.15. The molecule has 15 heavy (non-hydrogen) atoms. The molecule has 0 atom stereocenters. The molecule has 0 aromatic rings. The van der Waals surface area contributed by atoms with Crippen molar-refractivity contribution in [1.29, 1.82) is 0 Å². The van der Waals surface area contributed by atoms with E-state index in [1.165, 1.54) is 0 Å². The van der Waals surface area contributed by atoms with Crippen LogP contribution in [0.5, 0.6) is 0 Å². The van der Waals surface area contributed by atoms with Gasteiger partial charge in [-0.2, -0.15) is 9.98 Å². The quantitative estimate of drug-likeness (QED) is 0.349. The van der Waals surface area contributed by atoms with Gasteiger partial charge in [0.05, 0.1) is 0 Å². The van der Waals surface area contributed by atoms with Crippen molar-refractivity contribution in [2.45, 2.75) is 0 Å². The summed E-state index contributed by atoms with van der Waals surface area (Å²) in [6.45, 7) is 0. The number of nitrogens with zero attached hydrogens (tertiary/aromatic N) is 4. The summed E-state index contributed by atoms with van der Waals surface area (Å²) < 4.78 is 0. The Kier molecular flexibility index (Phi) is 2.46. The molecule has 0 fully saturated rings. The molecule has 0 aromatic heterocycles. The minimum absolute atomic E-state index is 0.307. The summed E-state index contributed by atoms with van der Waals surface area (Å²) in [6, 6.07) is 0. The Hall–Kier alpha value is -2.72. The Labute approximate surface area is 81.5 Å². The highest BCUT2D eigenvalue weighted by Crippen LogP contribution is 2.07. The zero-order valence-electron chi connectivity index (χ0n) is 7.08. The second-order valence-electron chi connectivity index (χ2n) is 2.28. The molecule has 0 saturated heterocycles. The molecule has 0 unspecified atom stereocenters. The fraction of sp³-hybridized carbons (Fsp3) is 0. The molecule has 11 heteroatoms. The number of nitrogens with two attached hydrogens (primary N) is 2. The van der Waals surface area contributed by atoms with Crippen molar-refractivity contribution in [3.8, 4) is 0 Å². The molecule has 1 aliphatic rings. The van der Waals surface area contributed by atoms with E-state index in [0.29, 0.717) is 0 Å². The van der Waals surface area contributed by atoms with Crippen LogP contribution in [0.15, 0.2) is 21.6 Å². The topological polar surface area (TPSA) is 175 Å². The molecule has 0 radical (unpaired) electrons. The maximum absolute atomic E-state index is 10.3. The van der Waals surface area contributed by atoms with Crippen molar-refractivity contribution in [2.24, 2.45) is 21.5 Å². The van der Waals surface area contributed by atoms with E-state index in [4.69, 9.17) is 11.5 Å². The first-order chi connectivity index (χ1) is 6.91. The molecule has 5 N–H and O–H groups in total. The van der Waals surface area contributed by atoms with Crippen LogP contribution >= 0.6 is 0 Å². The standard InChI is InChI=1S/C4H5N7O4/c5-3-7-1(8-4(6)9-3)2(10(12)13)11(14)15/h(H5,5,6,7,8,9). The van der Waals surface area contributed by atoms with Crippen LogP contribution in [0.1, 0.15) is 0 Å². The Morgan fingerprint density at radius 3 is 2.13 bits per heavy atom. The van der Waals surface area contributed by atoms with Gasteiger partial charge in [0.25, 0.3) is 5.82 Å². The van der Waals surface area contributed by atoms with E-state index in [9.17, 15) is 20.2 Å². The van der Waals surface area contributed by atoms with E-state index in [0.717, 1.165) is 0 Å². The van der Waals surface area contributed by atoms with Crippen molar-refractivity contribution in [3.05, 3.63) is 31.9 Å². The predicted octanol–water partition coefficient (Wildman–Crippen LogP) is -2.10. The van der Waals surface area contributed by atoms with E-state index in [1.807, 2.05) is 0 Å². The number of nitro groups is 2. The van der Waals surface area contributed by atoms with Crippen LogP contribution in [0.2, 0.25) is 0 Å². The molecule has 80 valence electrons. The molecular weight excluding hydrogens is 210 g/mol. The number of hydrogen-bond donors (Lipinski definition) is 3. The largest absolute Gasteiger partial charge is 0.602 e. The van der Waals surface area contributed by atoms with E-state index < -0.39 is 27.4 Å². The van der Waals surface area contributed by atoms with Crippen molar-refractivity contribution < 1.29 is 9.85 Å². The molecule has 0 saturated carbocycles. The van der Waals surface area contributed by atoms with E-state index in [1.54, 1.807) is 0 Å². The van der Waals surface area contributed by atoms with Crippen molar-refractivity contribution >= 4 is 11.9 Å². The van der Waals surface area contributed by atoms with Crippen LogP contribution in [0.4, 0.5) is 0 Å². The monoisotopic (exact) mass is 215 g/mol. The van der Waals surface area contributed by atoms with Gasteiger partial charge in [0.2, 0.25) is 11.9 Å². The number of nitrogens with one attached hydrogen (secondary N) is 1. The SMILES string of the molecule is NC1=NC(=C([N+](=O)[O-])[N+](=O)[O-])NC(N)=N1. The van der Waals surface area contributed by atoms with Crippen LogP contribution in [0, 0.1) is 20.2 Å². The summed E-state index contributed by atoms with van der Waals surface area (Å²) in [5.74, 6) is -2.72. The molecule has 0 amide bonds. The summed E-state index contributed by atoms with van der Waals surface area (Å²) in [5, 5.41) is 22.7. The van der Waals surface area contributed by atoms with E-state index in [2.05, 4.69) is 15.3 Å². The lowest BCUT2D eigenvalue weighted by molar-refractivity contribution is -0.617. The molecule has 1 heterocycles. The summed E-state index contributed by atoms with van der Waals surface area (Å²) in [7, 11) is 0. The first-order valence-corrected chi connectivity index (χ1v) is 3.40. The Morgan fingerprint density at radius 2 is 1.73 bits per heavy atom. The fourth-order valence-electron chi connectivity index (χ4n) is 0.786. The van der Waals surface area contributed by atoms with Gasteiger partial charge < -0.3 is 11.5 Å². The van der Waals surface area contributed by atoms with Gasteiger partial charge in [-0.1, -0.05) is 0 Å². The van der Waals surface area contributed by atoms with Crippen LogP contribution < -0.4 is 16.8 Å². The lowest BCUT2D eigenvalue weighted by Gasteiger charge is -2.07. The Balaban J connectivity index is 3.25. The van der Waals surface area contributed by atoms with Gasteiger partial charge in [0.15, 0.2) is 0 Å². The highest BCUT2D eigenvalue weighted by Gasteiger charge is 2.34. The van der Waals surface area contributed by atoms with Gasteiger partial charge >= 0.3 is 5.82 Å². The zero-order chi connectivity index (χ0) is 11.6.